The number of nitrogens with one attached hydrogen (secondary N) is 1. The van der Waals surface area contributed by atoms with Crippen LogP contribution in [0.1, 0.15) is 11.4 Å². The average molecular weight is 248 g/mol. The lowest BCUT2D eigenvalue weighted by Crippen LogP contribution is -2.05. The Morgan fingerprint density at radius 1 is 1.50 bits per heavy atom. The number of ether oxygens (including phenoxy) is 1. The number of hydrogen-bond acceptors (Lipinski definition) is 6. The van der Waals surface area contributed by atoms with Crippen LogP contribution in [0.5, 0.6) is 5.75 Å². The van der Waals surface area contributed by atoms with Gasteiger partial charge >= 0.3 is 0 Å². The van der Waals surface area contributed by atoms with Crippen LogP contribution < -0.4 is 15.8 Å². The third kappa shape index (κ3) is 2.50. The van der Waals surface area contributed by atoms with Crippen LogP contribution in [-0.2, 0) is 13.7 Å². The quantitative estimate of drug-likeness (QED) is 0.828. The molecule has 2 aromatic rings. The van der Waals surface area contributed by atoms with Crippen LogP contribution >= 0.6 is 0 Å². The molecule has 0 fully saturated rings. The van der Waals surface area contributed by atoms with Gasteiger partial charge in [0.2, 0.25) is 5.95 Å². The van der Waals surface area contributed by atoms with Gasteiger partial charge in [0.1, 0.15) is 12.3 Å². The summed E-state index contributed by atoms with van der Waals surface area (Å²) in [4.78, 5) is 8.07. The molecule has 2 aromatic heterocycles. The fourth-order valence-corrected chi connectivity index (χ4v) is 1.47. The van der Waals surface area contributed by atoms with E-state index in [1.54, 1.807) is 17.9 Å². The smallest absolute Gasteiger partial charge is 0.224 e. The summed E-state index contributed by atoms with van der Waals surface area (Å²) >= 11 is 0. The Morgan fingerprint density at radius 2 is 2.28 bits per heavy atom. The molecule has 0 spiro atoms. The lowest BCUT2D eigenvalue weighted by atomic mass is 10.4. The van der Waals surface area contributed by atoms with E-state index in [4.69, 9.17) is 10.5 Å². The molecular weight excluding hydrogens is 232 g/mol. The molecule has 7 heteroatoms. The molecule has 2 heterocycles. The van der Waals surface area contributed by atoms with Crippen LogP contribution in [0.3, 0.4) is 0 Å². The molecule has 0 aliphatic carbocycles. The number of nitrogens with two attached hydrogens (primary N) is 1. The summed E-state index contributed by atoms with van der Waals surface area (Å²) in [6.45, 7) is 2.32. The number of rotatable bonds is 4. The molecule has 0 radical (unpaired) electrons. The second kappa shape index (κ2) is 4.91. The first-order valence-electron chi connectivity index (χ1n) is 5.52. The molecule has 2 rings (SSSR count). The van der Waals surface area contributed by atoms with E-state index in [1.165, 1.54) is 0 Å². The highest BCUT2D eigenvalue weighted by Gasteiger charge is 2.07. The molecule has 0 unspecified atom stereocenters. The first-order chi connectivity index (χ1) is 8.60. The van der Waals surface area contributed by atoms with Gasteiger partial charge in [0.15, 0.2) is 11.6 Å². The van der Waals surface area contributed by atoms with E-state index in [1.807, 2.05) is 20.0 Å². The Kier molecular flexibility index (Phi) is 3.31. The van der Waals surface area contributed by atoms with Gasteiger partial charge in [0, 0.05) is 19.8 Å². The van der Waals surface area contributed by atoms with Crippen molar-refractivity contribution < 1.29 is 4.74 Å². The van der Waals surface area contributed by atoms with Gasteiger partial charge in [-0.25, -0.2) is 4.98 Å². The number of nitrogens with zero attached hydrogens (tertiary/aromatic N) is 4. The Morgan fingerprint density at radius 3 is 2.83 bits per heavy atom. The zero-order valence-corrected chi connectivity index (χ0v) is 10.6. The molecule has 0 amide bonds. The van der Waals surface area contributed by atoms with E-state index in [9.17, 15) is 0 Å². The van der Waals surface area contributed by atoms with E-state index in [0.717, 1.165) is 11.4 Å². The van der Waals surface area contributed by atoms with E-state index >= 15 is 0 Å². The van der Waals surface area contributed by atoms with Crippen LogP contribution in [-0.4, -0.2) is 26.8 Å². The summed E-state index contributed by atoms with van der Waals surface area (Å²) in [6, 6.07) is 1.96. The van der Waals surface area contributed by atoms with Gasteiger partial charge in [-0.3, -0.25) is 4.68 Å². The summed E-state index contributed by atoms with van der Waals surface area (Å²) in [7, 11) is 3.62. The van der Waals surface area contributed by atoms with Crippen molar-refractivity contribution >= 4 is 11.8 Å². The SMILES string of the molecule is CNc1ncc(OCc2cc(C)n(C)n2)c(N)n1. The predicted octanol–water partition coefficient (Wildman–Crippen LogP) is 0.721. The number of nitrogen functional groups attached to an aromatic ring is 1. The minimum Gasteiger partial charge on any atom is -0.482 e. The van der Waals surface area contributed by atoms with Crippen molar-refractivity contribution in [2.45, 2.75) is 13.5 Å². The van der Waals surface area contributed by atoms with Gasteiger partial charge in [0.25, 0.3) is 0 Å². The summed E-state index contributed by atoms with van der Waals surface area (Å²) in [5.74, 6) is 1.23. The number of aromatic nitrogens is 4. The van der Waals surface area contributed by atoms with Crippen molar-refractivity contribution in [3.05, 3.63) is 23.7 Å². The Hall–Kier alpha value is -2.31. The fourth-order valence-electron chi connectivity index (χ4n) is 1.47. The first kappa shape index (κ1) is 12.2. The van der Waals surface area contributed by atoms with E-state index in [-0.39, 0.29) is 0 Å². The van der Waals surface area contributed by atoms with Crippen LogP contribution in [0.2, 0.25) is 0 Å². The van der Waals surface area contributed by atoms with Crippen molar-refractivity contribution in [1.29, 1.82) is 0 Å². The van der Waals surface area contributed by atoms with Gasteiger partial charge < -0.3 is 15.8 Å². The summed E-state index contributed by atoms with van der Waals surface area (Å²) in [6.07, 6.45) is 1.55. The molecule has 0 atom stereocenters. The van der Waals surface area contributed by atoms with Crippen molar-refractivity contribution in [2.24, 2.45) is 7.05 Å². The highest BCUT2D eigenvalue weighted by Crippen LogP contribution is 2.19. The molecule has 0 aliphatic rings. The lowest BCUT2D eigenvalue weighted by molar-refractivity contribution is 0.299. The lowest BCUT2D eigenvalue weighted by Gasteiger charge is -2.07. The molecule has 0 aliphatic heterocycles. The van der Waals surface area contributed by atoms with Crippen LogP contribution in [0.25, 0.3) is 0 Å². The van der Waals surface area contributed by atoms with Crippen LogP contribution in [0, 0.1) is 6.92 Å². The first-order valence-corrected chi connectivity index (χ1v) is 5.52. The summed E-state index contributed by atoms with van der Waals surface area (Å²) in [5, 5.41) is 7.09. The highest BCUT2D eigenvalue weighted by atomic mass is 16.5. The average Bonchev–Trinajstić information content (AvgIpc) is 2.67. The third-order valence-corrected chi connectivity index (χ3v) is 2.55. The van der Waals surface area contributed by atoms with Gasteiger partial charge in [-0.05, 0) is 13.0 Å². The highest BCUT2D eigenvalue weighted by molar-refractivity contribution is 5.47. The minimum absolute atomic E-state index is 0.307. The molecule has 0 saturated heterocycles. The van der Waals surface area contributed by atoms with Crippen LogP contribution in [0.4, 0.5) is 11.8 Å². The van der Waals surface area contributed by atoms with Crippen molar-refractivity contribution in [2.75, 3.05) is 18.1 Å². The van der Waals surface area contributed by atoms with Crippen molar-refractivity contribution in [1.82, 2.24) is 19.7 Å². The van der Waals surface area contributed by atoms with Crippen molar-refractivity contribution in [3.8, 4) is 5.75 Å². The van der Waals surface area contributed by atoms with E-state index in [2.05, 4.69) is 20.4 Å². The van der Waals surface area contributed by atoms with Crippen molar-refractivity contribution in [3.63, 3.8) is 0 Å². The maximum Gasteiger partial charge on any atom is 0.224 e. The second-order valence-electron chi connectivity index (χ2n) is 3.88. The fraction of sp³-hybridized carbons (Fsp3) is 0.364. The van der Waals surface area contributed by atoms with Gasteiger partial charge in [0.05, 0.1) is 6.20 Å². The number of aryl methyl sites for hydroxylation is 2. The zero-order chi connectivity index (χ0) is 13.1. The third-order valence-electron chi connectivity index (χ3n) is 2.55. The summed E-state index contributed by atoms with van der Waals surface area (Å²) < 4.78 is 7.33. The molecule has 0 bridgehead atoms. The molecule has 3 N–H and O–H groups in total. The van der Waals surface area contributed by atoms with E-state index < -0.39 is 0 Å². The van der Waals surface area contributed by atoms with Gasteiger partial charge in [-0.15, -0.1) is 0 Å². The Bertz CT molecular complexity index is 531. The zero-order valence-electron chi connectivity index (χ0n) is 10.6. The number of hydrogen-bond donors (Lipinski definition) is 2. The molecule has 7 nitrogen and oxygen atoms in total. The Labute approximate surface area is 105 Å². The molecule has 0 aromatic carbocycles. The van der Waals surface area contributed by atoms with Gasteiger partial charge in [-0.2, -0.15) is 10.1 Å². The maximum absolute atomic E-state index is 5.75. The van der Waals surface area contributed by atoms with E-state index in [0.29, 0.717) is 24.1 Å². The Balaban J connectivity index is 2.06. The molecule has 96 valence electrons. The minimum atomic E-state index is 0.307. The monoisotopic (exact) mass is 248 g/mol. The normalized spacial score (nSPS) is 10.4. The number of anilines is 2. The van der Waals surface area contributed by atoms with Crippen LogP contribution in [0.15, 0.2) is 12.3 Å². The molecule has 18 heavy (non-hydrogen) atoms. The molecular formula is C11H16N6O. The second-order valence-corrected chi connectivity index (χ2v) is 3.88. The predicted molar refractivity (Wildman–Crippen MR) is 68.3 cm³/mol. The topological polar surface area (TPSA) is 90.9 Å². The largest absolute Gasteiger partial charge is 0.482 e. The molecule has 0 saturated carbocycles. The standard InChI is InChI=1S/C11H16N6O/c1-7-4-8(16-17(7)3)6-18-9-5-14-11(13-2)15-10(9)12/h4-5H,6H2,1-3H3,(H3,12,13,14,15). The summed E-state index contributed by atoms with van der Waals surface area (Å²) in [5.41, 5.74) is 7.67. The maximum atomic E-state index is 5.75. The van der Waals surface area contributed by atoms with Gasteiger partial charge in [-0.1, -0.05) is 0 Å².